The third kappa shape index (κ3) is 1.92. The summed E-state index contributed by atoms with van der Waals surface area (Å²) in [5, 5.41) is 18.6. The first-order chi connectivity index (χ1) is 7.56. The zero-order valence-corrected chi connectivity index (χ0v) is 9.52. The molecule has 16 heavy (non-hydrogen) atoms. The Morgan fingerprint density at radius 2 is 2.31 bits per heavy atom. The molecule has 1 atom stereocenters. The quantitative estimate of drug-likeness (QED) is 0.836. The van der Waals surface area contributed by atoms with E-state index >= 15 is 0 Å². The number of pyridine rings is 1. The molecule has 86 valence electrons. The summed E-state index contributed by atoms with van der Waals surface area (Å²) >= 11 is 0. The van der Waals surface area contributed by atoms with Gasteiger partial charge in [-0.05, 0) is 18.9 Å². The second-order valence-corrected chi connectivity index (χ2v) is 3.45. The van der Waals surface area contributed by atoms with Crippen molar-refractivity contribution in [2.75, 3.05) is 7.11 Å². The SMILES string of the molecule is CCC(OC)n1c(O)cc(C)c(C#N)c1=O. The van der Waals surface area contributed by atoms with Gasteiger partial charge in [0.25, 0.3) is 5.56 Å². The third-order valence-corrected chi connectivity index (χ3v) is 2.44. The normalized spacial score (nSPS) is 12.1. The van der Waals surface area contributed by atoms with Crippen molar-refractivity contribution in [2.45, 2.75) is 26.5 Å². The largest absolute Gasteiger partial charge is 0.494 e. The molecule has 0 saturated heterocycles. The topological polar surface area (TPSA) is 75.2 Å². The van der Waals surface area contributed by atoms with E-state index in [9.17, 15) is 9.90 Å². The van der Waals surface area contributed by atoms with E-state index in [1.807, 2.05) is 13.0 Å². The highest BCUT2D eigenvalue weighted by Gasteiger charge is 2.17. The van der Waals surface area contributed by atoms with Crippen LogP contribution in [0.5, 0.6) is 5.88 Å². The number of hydrogen-bond donors (Lipinski definition) is 1. The Labute approximate surface area is 93.5 Å². The molecule has 0 aromatic carbocycles. The summed E-state index contributed by atoms with van der Waals surface area (Å²) < 4.78 is 6.17. The molecule has 0 saturated carbocycles. The summed E-state index contributed by atoms with van der Waals surface area (Å²) in [6.07, 6.45) is -0.0297. The van der Waals surface area contributed by atoms with Crippen LogP contribution in [0.1, 0.15) is 30.7 Å². The van der Waals surface area contributed by atoms with Crippen LogP contribution in [-0.2, 0) is 4.74 Å². The zero-order valence-electron chi connectivity index (χ0n) is 9.52. The van der Waals surface area contributed by atoms with Crippen LogP contribution < -0.4 is 5.56 Å². The van der Waals surface area contributed by atoms with E-state index in [0.29, 0.717) is 12.0 Å². The lowest BCUT2D eigenvalue weighted by Crippen LogP contribution is -2.28. The molecule has 5 heteroatoms. The molecule has 0 fully saturated rings. The molecule has 1 unspecified atom stereocenters. The van der Waals surface area contributed by atoms with E-state index in [0.717, 1.165) is 4.57 Å². The Morgan fingerprint density at radius 3 is 2.75 bits per heavy atom. The van der Waals surface area contributed by atoms with E-state index < -0.39 is 11.8 Å². The van der Waals surface area contributed by atoms with Gasteiger partial charge in [0.2, 0.25) is 0 Å². The lowest BCUT2D eigenvalue weighted by atomic mass is 10.1. The lowest BCUT2D eigenvalue weighted by Gasteiger charge is -2.18. The van der Waals surface area contributed by atoms with Gasteiger partial charge in [0, 0.05) is 13.2 Å². The van der Waals surface area contributed by atoms with Crippen molar-refractivity contribution in [3.05, 3.63) is 27.5 Å². The molecule has 1 rings (SSSR count). The molecular weight excluding hydrogens is 208 g/mol. The number of rotatable bonds is 3. The first-order valence-electron chi connectivity index (χ1n) is 4.94. The molecule has 5 nitrogen and oxygen atoms in total. The Hall–Kier alpha value is -1.80. The number of nitriles is 1. The second-order valence-electron chi connectivity index (χ2n) is 3.45. The first-order valence-corrected chi connectivity index (χ1v) is 4.94. The lowest BCUT2D eigenvalue weighted by molar-refractivity contribution is 0.0321. The number of hydrogen-bond acceptors (Lipinski definition) is 4. The van der Waals surface area contributed by atoms with Gasteiger partial charge in [0.05, 0.1) is 0 Å². The maximum absolute atomic E-state index is 11.9. The monoisotopic (exact) mass is 222 g/mol. The molecule has 0 aliphatic heterocycles. The number of aromatic nitrogens is 1. The number of aryl methyl sites for hydroxylation is 1. The average Bonchev–Trinajstić information content (AvgIpc) is 2.24. The summed E-state index contributed by atoms with van der Waals surface area (Å²) in [5.74, 6) is -0.185. The number of ether oxygens (including phenoxy) is 1. The van der Waals surface area contributed by atoms with Crippen LogP contribution in [0.15, 0.2) is 10.9 Å². The highest BCUT2D eigenvalue weighted by atomic mass is 16.5. The number of aromatic hydroxyl groups is 1. The predicted octanol–water partition coefficient (Wildman–Crippen LogP) is 1.29. The summed E-state index contributed by atoms with van der Waals surface area (Å²) in [6, 6.07) is 3.22. The summed E-state index contributed by atoms with van der Waals surface area (Å²) in [4.78, 5) is 11.9. The molecule has 1 heterocycles. The number of nitrogens with zero attached hydrogens (tertiary/aromatic N) is 2. The Kier molecular flexibility index (Phi) is 3.69. The average molecular weight is 222 g/mol. The van der Waals surface area contributed by atoms with Crippen LogP contribution in [0, 0.1) is 18.3 Å². The van der Waals surface area contributed by atoms with E-state index in [2.05, 4.69) is 0 Å². The highest BCUT2D eigenvalue weighted by Crippen LogP contribution is 2.19. The smallest absolute Gasteiger partial charge is 0.273 e. The molecular formula is C11H14N2O3. The van der Waals surface area contributed by atoms with Gasteiger partial charge in [0.15, 0.2) is 5.88 Å². The van der Waals surface area contributed by atoms with Gasteiger partial charge in [-0.1, -0.05) is 6.92 Å². The minimum Gasteiger partial charge on any atom is -0.494 e. The van der Waals surface area contributed by atoms with Crippen LogP contribution in [0.25, 0.3) is 0 Å². The fourth-order valence-electron chi connectivity index (χ4n) is 1.60. The van der Waals surface area contributed by atoms with Crippen LogP contribution in [0.3, 0.4) is 0 Å². The maximum atomic E-state index is 11.9. The van der Waals surface area contributed by atoms with Crippen molar-refractivity contribution in [1.82, 2.24) is 4.57 Å². The molecule has 0 radical (unpaired) electrons. The predicted molar refractivity (Wildman–Crippen MR) is 58.2 cm³/mol. The Balaban J connectivity index is 3.52. The van der Waals surface area contributed by atoms with Crippen molar-refractivity contribution in [3.63, 3.8) is 0 Å². The zero-order chi connectivity index (χ0) is 12.3. The molecule has 1 aromatic heterocycles. The van der Waals surface area contributed by atoms with Crippen molar-refractivity contribution < 1.29 is 9.84 Å². The third-order valence-electron chi connectivity index (χ3n) is 2.44. The van der Waals surface area contributed by atoms with Crippen LogP contribution in [0.2, 0.25) is 0 Å². The van der Waals surface area contributed by atoms with Gasteiger partial charge in [-0.3, -0.25) is 9.36 Å². The minimum absolute atomic E-state index is 0.0355. The summed E-state index contributed by atoms with van der Waals surface area (Å²) in [6.45, 7) is 3.43. The fraction of sp³-hybridized carbons (Fsp3) is 0.455. The Bertz CT molecular complexity index is 481. The second kappa shape index (κ2) is 4.81. The van der Waals surface area contributed by atoms with Gasteiger partial charge in [0.1, 0.15) is 17.9 Å². The molecule has 1 aromatic rings. The van der Waals surface area contributed by atoms with Gasteiger partial charge in [-0.25, -0.2) is 0 Å². The Morgan fingerprint density at radius 1 is 1.69 bits per heavy atom. The summed E-state index contributed by atoms with van der Waals surface area (Å²) in [7, 11) is 1.45. The molecule has 1 N–H and O–H groups in total. The van der Waals surface area contributed by atoms with Crippen LogP contribution in [0.4, 0.5) is 0 Å². The van der Waals surface area contributed by atoms with Gasteiger partial charge in [-0.15, -0.1) is 0 Å². The van der Waals surface area contributed by atoms with E-state index in [4.69, 9.17) is 10.00 Å². The fourth-order valence-corrected chi connectivity index (χ4v) is 1.60. The van der Waals surface area contributed by atoms with Crippen molar-refractivity contribution in [2.24, 2.45) is 0 Å². The van der Waals surface area contributed by atoms with E-state index in [1.54, 1.807) is 6.92 Å². The molecule has 0 amide bonds. The van der Waals surface area contributed by atoms with E-state index in [1.165, 1.54) is 13.2 Å². The molecule has 0 spiro atoms. The van der Waals surface area contributed by atoms with E-state index in [-0.39, 0.29) is 11.4 Å². The van der Waals surface area contributed by atoms with Gasteiger partial charge >= 0.3 is 0 Å². The standard InChI is InChI=1S/C11H14N2O3/c1-4-10(16-3)13-9(14)5-7(2)8(6-12)11(13)15/h5,10,14H,4H2,1-3H3. The first kappa shape index (κ1) is 12.3. The van der Waals surface area contributed by atoms with Crippen LogP contribution in [-0.4, -0.2) is 16.8 Å². The van der Waals surface area contributed by atoms with Crippen LogP contribution >= 0.6 is 0 Å². The molecule has 0 bridgehead atoms. The van der Waals surface area contributed by atoms with Crippen molar-refractivity contribution >= 4 is 0 Å². The molecule has 0 aliphatic carbocycles. The van der Waals surface area contributed by atoms with Crippen molar-refractivity contribution in [1.29, 1.82) is 5.26 Å². The van der Waals surface area contributed by atoms with Gasteiger partial charge < -0.3 is 9.84 Å². The maximum Gasteiger partial charge on any atom is 0.273 e. The van der Waals surface area contributed by atoms with Crippen molar-refractivity contribution in [3.8, 4) is 11.9 Å². The molecule has 0 aliphatic rings. The summed E-state index contributed by atoms with van der Waals surface area (Å²) in [5.41, 5.74) is -0.0193. The minimum atomic E-state index is -0.555. The number of methoxy groups -OCH3 is 1. The van der Waals surface area contributed by atoms with Gasteiger partial charge in [-0.2, -0.15) is 5.26 Å². The highest BCUT2D eigenvalue weighted by molar-refractivity contribution is 5.37.